The number of pyridine rings is 1. The number of hydrogen-bond donors (Lipinski definition) is 1. The van der Waals surface area contributed by atoms with Gasteiger partial charge in [-0.1, -0.05) is 0 Å². The molecule has 0 amide bonds. The minimum absolute atomic E-state index is 0.638. The number of rotatable bonds is 1. The van der Waals surface area contributed by atoms with Crippen molar-refractivity contribution in [1.29, 1.82) is 0 Å². The van der Waals surface area contributed by atoms with Crippen molar-refractivity contribution in [3.05, 3.63) is 30.1 Å². The minimum Gasteiger partial charge on any atom is -0.339 e. The lowest BCUT2D eigenvalue weighted by Gasteiger charge is -2.39. The van der Waals surface area contributed by atoms with Crippen LogP contribution in [0.1, 0.15) is 18.4 Å². The Bertz CT molecular complexity index is 323. The molecule has 0 saturated carbocycles. The van der Waals surface area contributed by atoms with Gasteiger partial charge in [0.05, 0.1) is 26.2 Å². The Hall–Kier alpha value is -0.930. The average molecular weight is 193 g/mol. The summed E-state index contributed by atoms with van der Waals surface area (Å²) in [7, 11) is 4.14. The van der Waals surface area contributed by atoms with E-state index in [2.05, 4.69) is 19.1 Å². The van der Waals surface area contributed by atoms with Crippen LogP contribution in [-0.4, -0.2) is 35.2 Å². The first kappa shape index (κ1) is 9.62. The maximum Gasteiger partial charge on any atom is 0.228 e. The summed E-state index contributed by atoms with van der Waals surface area (Å²) in [6.07, 6.45) is 5.40. The van der Waals surface area contributed by atoms with Gasteiger partial charge in [-0.2, -0.15) is 0 Å². The molecule has 14 heavy (non-hydrogen) atoms. The molecule has 76 valence electrons. The fourth-order valence-electron chi connectivity index (χ4n) is 2.30. The largest absolute Gasteiger partial charge is 0.339 e. The van der Waals surface area contributed by atoms with Gasteiger partial charge in [-0.25, -0.2) is 0 Å². The summed E-state index contributed by atoms with van der Waals surface area (Å²) >= 11 is 0. The zero-order valence-corrected chi connectivity index (χ0v) is 8.77. The molecule has 1 aromatic rings. The summed E-state index contributed by atoms with van der Waals surface area (Å²) in [6.45, 7) is 1.02. The van der Waals surface area contributed by atoms with Gasteiger partial charge in [0.25, 0.3) is 0 Å². The number of aliphatic hydroxyl groups is 1. The Morgan fingerprint density at radius 2 is 2.29 bits per heavy atom. The van der Waals surface area contributed by atoms with Crippen molar-refractivity contribution in [2.45, 2.75) is 18.6 Å². The van der Waals surface area contributed by atoms with E-state index < -0.39 is 5.72 Å². The smallest absolute Gasteiger partial charge is 0.228 e. The Labute approximate surface area is 84.6 Å². The van der Waals surface area contributed by atoms with E-state index in [0.717, 1.165) is 24.9 Å². The quantitative estimate of drug-likeness (QED) is 0.677. The van der Waals surface area contributed by atoms with E-state index in [1.54, 1.807) is 12.4 Å². The molecular weight excluding hydrogens is 176 g/mol. The van der Waals surface area contributed by atoms with Gasteiger partial charge in [0.1, 0.15) is 0 Å². The lowest BCUT2D eigenvalue weighted by molar-refractivity contribution is -0.962. The molecule has 0 radical (unpaired) electrons. The second kappa shape index (κ2) is 3.04. The van der Waals surface area contributed by atoms with E-state index in [0.29, 0.717) is 4.48 Å². The van der Waals surface area contributed by atoms with E-state index in [1.165, 1.54) is 0 Å². The molecule has 1 aromatic heterocycles. The topological polar surface area (TPSA) is 33.1 Å². The van der Waals surface area contributed by atoms with Gasteiger partial charge in [0.2, 0.25) is 5.72 Å². The molecule has 0 bridgehead atoms. The second-order valence-corrected chi connectivity index (χ2v) is 4.57. The van der Waals surface area contributed by atoms with Gasteiger partial charge in [0, 0.05) is 25.2 Å². The molecule has 0 aromatic carbocycles. The molecule has 2 heterocycles. The van der Waals surface area contributed by atoms with Crippen LogP contribution >= 0.6 is 0 Å². The summed E-state index contributed by atoms with van der Waals surface area (Å²) in [4.78, 5) is 4.07. The van der Waals surface area contributed by atoms with Gasteiger partial charge >= 0.3 is 0 Å². The molecular formula is C11H17N2O+. The maximum atomic E-state index is 10.6. The normalized spacial score (nSPS) is 30.5. The molecule has 1 atom stereocenters. The highest BCUT2D eigenvalue weighted by Gasteiger charge is 2.49. The molecule has 3 heteroatoms. The third-order valence-corrected chi connectivity index (χ3v) is 3.37. The Balaban J connectivity index is 2.42. The second-order valence-electron chi connectivity index (χ2n) is 4.57. The van der Waals surface area contributed by atoms with Crippen LogP contribution in [0.4, 0.5) is 0 Å². The van der Waals surface area contributed by atoms with Crippen LogP contribution in [0.25, 0.3) is 0 Å². The monoisotopic (exact) mass is 193 g/mol. The van der Waals surface area contributed by atoms with E-state index in [1.807, 2.05) is 12.1 Å². The first-order valence-electron chi connectivity index (χ1n) is 5.02. The van der Waals surface area contributed by atoms with E-state index in [4.69, 9.17) is 0 Å². The van der Waals surface area contributed by atoms with E-state index in [9.17, 15) is 5.11 Å². The van der Waals surface area contributed by atoms with Crippen LogP contribution < -0.4 is 0 Å². The van der Waals surface area contributed by atoms with Gasteiger partial charge in [-0.05, 0) is 12.1 Å². The maximum absolute atomic E-state index is 10.6. The van der Waals surface area contributed by atoms with Crippen molar-refractivity contribution in [1.82, 2.24) is 4.98 Å². The fraction of sp³-hybridized carbons (Fsp3) is 0.545. The van der Waals surface area contributed by atoms with Crippen molar-refractivity contribution >= 4 is 0 Å². The zero-order valence-electron chi connectivity index (χ0n) is 8.77. The van der Waals surface area contributed by atoms with E-state index >= 15 is 0 Å². The molecule has 1 unspecified atom stereocenters. The first-order chi connectivity index (χ1) is 6.56. The molecule has 1 N–H and O–H groups in total. The number of quaternary nitrogens is 1. The van der Waals surface area contributed by atoms with Crippen LogP contribution in [0.15, 0.2) is 24.5 Å². The highest BCUT2D eigenvalue weighted by Crippen LogP contribution is 2.39. The fourth-order valence-corrected chi connectivity index (χ4v) is 2.30. The lowest BCUT2D eigenvalue weighted by atomic mass is 10.0. The average Bonchev–Trinajstić information content (AvgIpc) is 2.44. The Morgan fingerprint density at radius 3 is 2.79 bits per heavy atom. The predicted molar refractivity (Wildman–Crippen MR) is 54.3 cm³/mol. The minimum atomic E-state index is -0.742. The summed E-state index contributed by atoms with van der Waals surface area (Å²) in [5.41, 5.74) is 0.191. The van der Waals surface area contributed by atoms with Crippen molar-refractivity contribution < 1.29 is 9.59 Å². The van der Waals surface area contributed by atoms with Gasteiger partial charge in [0.15, 0.2) is 0 Å². The van der Waals surface area contributed by atoms with Crippen molar-refractivity contribution in [3.8, 4) is 0 Å². The predicted octanol–water partition coefficient (Wildman–Crippen LogP) is 1.10. The first-order valence-corrected chi connectivity index (χ1v) is 5.02. The van der Waals surface area contributed by atoms with E-state index in [-0.39, 0.29) is 0 Å². The number of nitrogens with zero attached hydrogens (tertiary/aromatic N) is 2. The molecule has 0 spiro atoms. The third-order valence-electron chi connectivity index (χ3n) is 3.37. The zero-order chi connectivity index (χ0) is 10.2. The number of likely N-dealkylation sites (tertiary alicyclic amines) is 1. The summed E-state index contributed by atoms with van der Waals surface area (Å²) in [5.74, 6) is 0. The van der Waals surface area contributed by atoms with Crippen LogP contribution in [0.5, 0.6) is 0 Å². The highest BCUT2D eigenvalue weighted by atomic mass is 16.3. The molecule has 1 aliphatic heterocycles. The Morgan fingerprint density at radius 1 is 1.50 bits per heavy atom. The lowest BCUT2D eigenvalue weighted by Crippen LogP contribution is -2.52. The summed E-state index contributed by atoms with van der Waals surface area (Å²) < 4.78 is 0.638. The third kappa shape index (κ3) is 1.24. The van der Waals surface area contributed by atoms with Crippen LogP contribution in [0.3, 0.4) is 0 Å². The van der Waals surface area contributed by atoms with Crippen LogP contribution in [0, 0.1) is 0 Å². The summed E-state index contributed by atoms with van der Waals surface area (Å²) in [5, 5.41) is 10.6. The van der Waals surface area contributed by atoms with Gasteiger partial charge in [-0.15, -0.1) is 0 Å². The molecule has 1 saturated heterocycles. The van der Waals surface area contributed by atoms with Gasteiger partial charge < -0.3 is 5.11 Å². The van der Waals surface area contributed by atoms with Crippen molar-refractivity contribution in [2.75, 3.05) is 20.6 Å². The summed E-state index contributed by atoms with van der Waals surface area (Å²) in [6, 6.07) is 3.84. The standard InChI is InChI=1S/C11H17N2O/c1-13(2)8-4-6-11(13,14)10-5-3-7-12-9-10/h3,5,7,9,14H,4,6,8H2,1-2H3/q+1. The van der Waals surface area contributed by atoms with Crippen molar-refractivity contribution in [2.24, 2.45) is 0 Å². The van der Waals surface area contributed by atoms with Gasteiger partial charge in [-0.3, -0.25) is 9.47 Å². The SMILES string of the molecule is C[N+]1(C)CCCC1(O)c1cccnc1. The highest BCUT2D eigenvalue weighted by molar-refractivity contribution is 5.15. The molecule has 3 nitrogen and oxygen atoms in total. The molecule has 2 rings (SSSR count). The van der Waals surface area contributed by atoms with Crippen molar-refractivity contribution in [3.63, 3.8) is 0 Å². The number of aromatic nitrogens is 1. The van der Waals surface area contributed by atoms with Crippen LogP contribution in [-0.2, 0) is 5.72 Å². The molecule has 1 aliphatic rings. The molecule has 1 fully saturated rings. The Kier molecular flexibility index (Phi) is 2.09. The molecule has 0 aliphatic carbocycles. The van der Waals surface area contributed by atoms with Crippen LogP contribution in [0.2, 0.25) is 0 Å². The number of hydrogen-bond acceptors (Lipinski definition) is 2.